The summed E-state index contributed by atoms with van der Waals surface area (Å²) in [6, 6.07) is 7.78. The molecule has 0 spiro atoms. The van der Waals surface area contributed by atoms with E-state index in [0.29, 0.717) is 5.13 Å². The van der Waals surface area contributed by atoms with Gasteiger partial charge in [0.2, 0.25) is 11.0 Å². The lowest BCUT2D eigenvalue weighted by Gasteiger charge is -2.19. The first kappa shape index (κ1) is 16.7. The fourth-order valence-corrected chi connectivity index (χ4v) is 4.57. The number of nitrogens with one attached hydrogen (secondary N) is 1. The Balaban J connectivity index is 1.52. The van der Waals surface area contributed by atoms with Gasteiger partial charge in [0.1, 0.15) is 0 Å². The van der Waals surface area contributed by atoms with Crippen LogP contribution in [0.1, 0.15) is 37.7 Å². The predicted molar refractivity (Wildman–Crippen MR) is 96.1 cm³/mol. The lowest BCUT2D eigenvalue weighted by molar-refractivity contribution is -0.120. The van der Waals surface area contributed by atoms with Gasteiger partial charge in [-0.2, -0.15) is 0 Å². The second-order valence-corrected chi connectivity index (χ2v) is 8.25. The molecule has 1 fully saturated rings. The zero-order valence-electron chi connectivity index (χ0n) is 12.6. The molecule has 1 saturated carbocycles. The van der Waals surface area contributed by atoms with E-state index in [2.05, 4.69) is 15.5 Å². The summed E-state index contributed by atoms with van der Waals surface area (Å²) in [7, 11) is 0. The Bertz CT molecular complexity index is 671. The lowest BCUT2D eigenvalue weighted by Crippen LogP contribution is -2.24. The van der Waals surface area contributed by atoms with Crippen molar-refractivity contribution >= 4 is 45.7 Å². The number of amides is 1. The average molecular weight is 368 g/mol. The molecule has 0 atom stereocenters. The Hall–Kier alpha value is -1.11. The number of nitrogens with zero attached hydrogens (tertiary/aromatic N) is 2. The van der Waals surface area contributed by atoms with Crippen LogP contribution in [0.25, 0.3) is 0 Å². The molecule has 0 radical (unpaired) electrons. The summed E-state index contributed by atoms with van der Waals surface area (Å²) in [5.41, 5.74) is 1.14. The minimum Gasteiger partial charge on any atom is -0.300 e. The predicted octanol–water partition coefficient (Wildman–Crippen LogP) is 5.00. The van der Waals surface area contributed by atoms with Crippen LogP contribution in [0, 0.1) is 5.92 Å². The van der Waals surface area contributed by atoms with Crippen LogP contribution in [0.2, 0.25) is 5.02 Å². The van der Waals surface area contributed by atoms with Crippen LogP contribution in [-0.4, -0.2) is 16.1 Å². The second kappa shape index (κ2) is 8.13. The number of hydrogen-bond donors (Lipinski definition) is 1. The molecule has 1 aromatic carbocycles. The minimum atomic E-state index is 0.0900. The molecule has 0 aliphatic heterocycles. The minimum absolute atomic E-state index is 0.0900. The van der Waals surface area contributed by atoms with Crippen molar-refractivity contribution in [3.63, 3.8) is 0 Å². The Labute approximate surface area is 149 Å². The average Bonchev–Trinajstić information content (AvgIpc) is 3.01. The van der Waals surface area contributed by atoms with Crippen LogP contribution in [0.3, 0.4) is 0 Å². The van der Waals surface area contributed by atoms with Gasteiger partial charge in [0, 0.05) is 16.7 Å². The molecule has 4 nitrogen and oxygen atoms in total. The Morgan fingerprint density at radius 3 is 2.91 bits per heavy atom. The largest absolute Gasteiger partial charge is 0.300 e. The van der Waals surface area contributed by atoms with Crippen molar-refractivity contribution in [2.45, 2.75) is 42.2 Å². The van der Waals surface area contributed by atoms with Gasteiger partial charge >= 0.3 is 0 Å². The monoisotopic (exact) mass is 367 g/mol. The lowest BCUT2D eigenvalue weighted by atomic mass is 9.89. The number of carbonyl (C=O) groups is 1. The number of rotatable bonds is 5. The molecule has 1 amide bonds. The van der Waals surface area contributed by atoms with Crippen LogP contribution in [0.4, 0.5) is 5.13 Å². The van der Waals surface area contributed by atoms with E-state index in [1.807, 2.05) is 24.3 Å². The van der Waals surface area contributed by atoms with Gasteiger partial charge in [-0.05, 0) is 30.5 Å². The Kier molecular flexibility index (Phi) is 5.91. The summed E-state index contributed by atoms with van der Waals surface area (Å²) in [6.07, 6.45) is 5.51. The first-order chi connectivity index (χ1) is 11.2. The van der Waals surface area contributed by atoms with Crippen LogP contribution < -0.4 is 5.32 Å². The van der Waals surface area contributed by atoms with E-state index in [1.165, 1.54) is 17.8 Å². The van der Waals surface area contributed by atoms with Crippen LogP contribution in [-0.2, 0) is 10.5 Å². The van der Waals surface area contributed by atoms with E-state index in [4.69, 9.17) is 11.6 Å². The fraction of sp³-hybridized carbons (Fsp3) is 0.438. The molecule has 1 aliphatic rings. The van der Waals surface area contributed by atoms with Crippen molar-refractivity contribution in [1.29, 1.82) is 0 Å². The number of aromatic nitrogens is 2. The molecular weight excluding hydrogens is 350 g/mol. The summed E-state index contributed by atoms with van der Waals surface area (Å²) in [5, 5.41) is 12.4. The van der Waals surface area contributed by atoms with Gasteiger partial charge in [-0.3, -0.25) is 4.79 Å². The summed E-state index contributed by atoms with van der Waals surface area (Å²) in [6.45, 7) is 0. The molecule has 2 aromatic rings. The molecule has 7 heteroatoms. The Morgan fingerprint density at radius 2 is 2.13 bits per heavy atom. The third kappa shape index (κ3) is 4.93. The van der Waals surface area contributed by atoms with Gasteiger partial charge in [-0.25, -0.2) is 0 Å². The van der Waals surface area contributed by atoms with E-state index >= 15 is 0 Å². The number of thioether (sulfide) groups is 1. The standard InChI is InChI=1S/C16H18ClN3OS2/c17-13-8-4-5-11(9-13)10-22-16-20-19-15(23-16)18-14(21)12-6-2-1-3-7-12/h4-5,8-9,12H,1-3,6-7,10H2,(H,18,19,21). The Morgan fingerprint density at radius 1 is 1.30 bits per heavy atom. The molecule has 1 aromatic heterocycles. The maximum absolute atomic E-state index is 12.2. The van der Waals surface area contributed by atoms with Crippen molar-refractivity contribution in [2.24, 2.45) is 5.92 Å². The first-order valence-corrected chi connectivity index (χ1v) is 9.90. The van der Waals surface area contributed by atoms with E-state index in [-0.39, 0.29) is 11.8 Å². The van der Waals surface area contributed by atoms with E-state index < -0.39 is 0 Å². The SMILES string of the molecule is O=C(Nc1nnc(SCc2cccc(Cl)c2)s1)C1CCCCC1. The number of hydrogen-bond acceptors (Lipinski definition) is 5. The fourth-order valence-electron chi connectivity index (χ4n) is 2.66. The van der Waals surface area contributed by atoms with E-state index in [1.54, 1.807) is 11.8 Å². The molecule has 23 heavy (non-hydrogen) atoms. The summed E-state index contributed by atoms with van der Waals surface area (Å²) >= 11 is 9.00. The van der Waals surface area contributed by atoms with Crippen LogP contribution >= 0.6 is 34.7 Å². The van der Waals surface area contributed by atoms with Gasteiger partial charge in [0.25, 0.3) is 0 Å². The van der Waals surface area contributed by atoms with Crippen LogP contribution in [0.5, 0.6) is 0 Å². The molecule has 122 valence electrons. The van der Waals surface area contributed by atoms with Crippen molar-refractivity contribution in [2.75, 3.05) is 5.32 Å². The van der Waals surface area contributed by atoms with Crippen molar-refractivity contribution in [1.82, 2.24) is 10.2 Å². The molecule has 0 saturated heterocycles. The molecular formula is C16H18ClN3OS2. The van der Waals surface area contributed by atoms with Gasteiger partial charge in [0.15, 0.2) is 4.34 Å². The van der Waals surface area contributed by atoms with Crippen LogP contribution in [0.15, 0.2) is 28.6 Å². The van der Waals surface area contributed by atoms with E-state index in [0.717, 1.165) is 46.4 Å². The molecule has 1 N–H and O–H groups in total. The quantitative estimate of drug-likeness (QED) is 0.596. The van der Waals surface area contributed by atoms with Gasteiger partial charge in [-0.1, -0.05) is 66.1 Å². The number of anilines is 1. The highest BCUT2D eigenvalue weighted by Gasteiger charge is 2.22. The maximum atomic E-state index is 12.2. The van der Waals surface area contributed by atoms with Gasteiger partial charge in [-0.15, -0.1) is 10.2 Å². The third-order valence-electron chi connectivity index (χ3n) is 3.86. The third-order valence-corrected chi connectivity index (χ3v) is 6.14. The number of halogens is 1. The van der Waals surface area contributed by atoms with E-state index in [9.17, 15) is 4.79 Å². The summed E-state index contributed by atoms with van der Waals surface area (Å²) in [5.74, 6) is 1.01. The van der Waals surface area contributed by atoms with Crippen molar-refractivity contribution in [3.05, 3.63) is 34.9 Å². The van der Waals surface area contributed by atoms with Crippen molar-refractivity contribution in [3.8, 4) is 0 Å². The zero-order valence-corrected chi connectivity index (χ0v) is 15.0. The topological polar surface area (TPSA) is 54.9 Å². The highest BCUT2D eigenvalue weighted by Crippen LogP contribution is 2.30. The zero-order chi connectivity index (χ0) is 16.1. The molecule has 3 rings (SSSR count). The first-order valence-electron chi connectivity index (χ1n) is 7.72. The molecule has 1 aliphatic carbocycles. The summed E-state index contributed by atoms with van der Waals surface area (Å²) < 4.78 is 0.851. The summed E-state index contributed by atoms with van der Waals surface area (Å²) in [4.78, 5) is 12.2. The maximum Gasteiger partial charge on any atom is 0.229 e. The second-order valence-electron chi connectivity index (χ2n) is 5.62. The van der Waals surface area contributed by atoms with Gasteiger partial charge in [0.05, 0.1) is 0 Å². The normalized spacial score (nSPS) is 15.5. The number of carbonyl (C=O) groups excluding carboxylic acids is 1. The highest BCUT2D eigenvalue weighted by molar-refractivity contribution is 8.00. The number of benzene rings is 1. The molecule has 0 bridgehead atoms. The smallest absolute Gasteiger partial charge is 0.229 e. The van der Waals surface area contributed by atoms with Crippen molar-refractivity contribution < 1.29 is 4.79 Å². The molecule has 0 unspecified atom stereocenters. The van der Waals surface area contributed by atoms with Gasteiger partial charge < -0.3 is 5.32 Å². The molecule has 1 heterocycles. The highest BCUT2D eigenvalue weighted by atomic mass is 35.5.